The number of hydrogen-bond donors (Lipinski definition) is 1. The van der Waals surface area contributed by atoms with Crippen LogP contribution in [-0.2, 0) is 24.9 Å². The summed E-state index contributed by atoms with van der Waals surface area (Å²) in [5.74, 6) is 2.07. The smallest absolute Gasteiger partial charge is 0.193 e. The second kappa shape index (κ2) is 12.7. The molecule has 0 fully saturated rings. The first kappa shape index (κ1) is 25.2. The van der Waals surface area contributed by atoms with Crippen LogP contribution in [0.1, 0.15) is 36.6 Å². The van der Waals surface area contributed by atoms with Crippen molar-refractivity contribution in [2.24, 2.45) is 12.0 Å². The number of para-hydroxylation sites is 1. The van der Waals surface area contributed by atoms with Gasteiger partial charge < -0.3 is 19.7 Å². The fraction of sp³-hybridized carbons (Fsp3) is 0.524. The van der Waals surface area contributed by atoms with Crippen LogP contribution in [0.15, 0.2) is 35.5 Å². The Morgan fingerprint density at radius 2 is 2.00 bits per heavy atom. The van der Waals surface area contributed by atoms with Crippen molar-refractivity contribution in [3.05, 3.63) is 47.3 Å². The molecule has 0 saturated heterocycles. The van der Waals surface area contributed by atoms with E-state index < -0.39 is 0 Å². The van der Waals surface area contributed by atoms with Crippen LogP contribution in [0.25, 0.3) is 0 Å². The van der Waals surface area contributed by atoms with Gasteiger partial charge in [-0.2, -0.15) is 5.10 Å². The maximum Gasteiger partial charge on any atom is 0.193 e. The number of ether oxygens (including phenoxy) is 2. The van der Waals surface area contributed by atoms with E-state index in [1.54, 1.807) is 14.2 Å². The lowest BCUT2D eigenvalue weighted by Gasteiger charge is -2.22. The van der Waals surface area contributed by atoms with Crippen molar-refractivity contribution < 1.29 is 9.47 Å². The highest BCUT2D eigenvalue weighted by atomic mass is 127. The summed E-state index contributed by atoms with van der Waals surface area (Å²) in [5, 5.41) is 7.93. The van der Waals surface area contributed by atoms with Gasteiger partial charge in [-0.15, -0.1) is 24.0 Å². The van der Waals surface area contributed by atoms with Crippen molar-refractivity contribution in [1.82, 2.24) is 20.0 Å². The van der Waals surface area contributed by atoms with Crippen LogP contribution in [0.3, 0.4) is 0 Å². The fourth-order valence-corrected chi connectivity index (χ4v) is 3.12. The number of nitrogens with zero attached hydrogens (tertiary/aromatic N) is 4. The van der Waals surface area contributed by atoms with Crippen LogP contribution in [0, 0.1) is 0 Å². The van der Waals surface area contributed by atoms with Gasteiger partial charge in [-0.25, -0.2) is 0 Å². The van der Waals surface area contributed by atoms with E-state index in [4.69, 9.17) is 9.47 Å². The molecule has 1 aromatic carbocycles. The third kappa shape index (κ3) is 7.50. The Morgan fingerprint density at radius 3 is 2.66 bits per heavy atom. The van der Waals surface area contributed by atoms with E-state index in [0.29, 0.717) is 25.7 Å². The first-order chi connectivity index (χ1) is 13.5. The van der Waals surface area contributed by atoms with Crippen LogP contribution >= 0.6 is 24.0 Å². The maximum absolute atomic E-state index is 5.78. The molecule has 0 unspecified atom stereocenters. The molecule has 0 saturated carbocycles. The molecule has 29 heavy (non-hydrogen) atoms. The second-order valence-electron chi connectivity index (χ2n) is 7.06. The zero-order valence-corrected chi connectivity index (χ0v) is 20.6. The second-order valence-corrected chi connectivity index (χ2v) is 7.06. The number of halogens is 1. The molecule has 0 spiro atoms. The molecular formula is C21H34IN5O2. The normalized spacial score (nSPS) is 11.3. The molecule has 0 amide bonds. The number of rotatable bonds is 9. The standard InChI is InChI=1S/C21H33N5O2.HI/c1-16(2)20-18(14-26(5)24-20)13-25(4)21(22-3)23-11-12-28-15-17-9-7-8-10-19(17)27-6;/h7-10,14,16H,11-13,15H2,1-6H3,(H,22,23);1H. The molecular weight excluding hydrogens is 481 g/mol. The summed E-state index contributed by atoms with van der Waals surface area (Å²) >= 11 is 0. The van der Waals surface area contributed by atoms with E-state index in [-0.39, 0.29) is 24.0 Å². The van der Waals surface area contributed by atoms with Crippen LogP contribution < -0.4 is 10.1 Å². The molecule has 0 radical (unpaired) electrons. The highest BCUT2D eigenvalue weighted by Gasteiger charge is 2.15. The molecule has 2 aromatic rings. The lowest BCUT2D eigenvalue weighted by atomic mass is 10.1. The van der Waals surface area contributed by atoms with E-state index in [1.807, 2.05) is 43.0 Å². The lowest BCUT2D eigenvalue weighted by molar-refractivity contribution is 0.123. The average Bonchev–Trinajstić information content (AvgIpc) is 3.05. The summed E-state index contributed by atoms with van der Waals surface area (Å²) in [6.07, 6.45) is 2.08. The van der Waals surface area contributed by atoms with Crippen molar-refractivity contribution in [3.63, 3.8) is 0 Å². The summed E-state index contributed by atoms with van der Waals surface area (Å²) in [5.41, 5.74) is 3.39. The van der Waals surface area contributed by atoms with Gasteiger partial charge in [0.05, 0.1) is 26.0 Å². The zero-order valence-electron chi connectivity index (χ0n) is 18.3. The van der Waals surface area contributed by atoms with Gasteiger partial charge >= 0.3 is 0 Å². The van der Waals surface area contributed by atoms with Crippen LogP contribution in [0.5, 0.6) is 5.75 Å². The monoisotopic (exact) mass is 515 g/mol. The van der Waals surface area contributed by atoms with E-state index >= 15 is 0 Å². The summed E-state index contributed by atoms with van der Waals surface area (Å²) in [6.45, 7) is 6.86. The minimum absolute atomic E-state index is 0. The summed E-state index contributed by atoms with van der Waals surface area (Å²) in [7, 11) is 7.46. The van der Waals surface area contributed by atoms with Gasteiger partial charge in [0, 0.05) is 51.6 Å². The van der Waals surface area contributed by atoms with Gasteiger partial charge in [0.15, 0.2) is 5.96 Å². The number of aryl methyl sites for hydroxylation is 1. The molecule has 0 atom stereocenters. The molecule has 1 N–H and O–H groups in total. The SMILES string of the molecule is CN=C(NCCOCc1ccccc1OC)N(C)Cc1cn(C)nc1C(C)C.I. The fourth-order valence-electron chi connectivity index (χ4n) is 3.12. The van der Waals surface area contributed by atoms with Gasteiger partial charge in [-0.3, -0.25) is 9.67 Å². The maximum atomic E-state index is 5.78. The molecule has 0 aliphatic rings. The molecule has 162 valence electrons. The average molecular weight is 515 g/mol. The molecule has 7 nitrogen and oxygen atoms in total. The first-order valence-corrected chi connectivity index (χ1v) is 9.60. The Balaban J connectivity index is 0.00000420. The highest BCUT2D eigenvalue weighted by Crippen LogP contribution is 2.19. The third-order valence-electron chi connectivity index (χ3n) is 4.44. The van der Waals surface area contributed by atoms with Crippen LogP contribution in [0.2, 0.25) is 0 Å². The van der Waals surface area contributed by atoms with Crippen molar-refractivity contribution in [2.45, 2.75) is 32.9 Å². The van der Waals surface area contributed by atoms with E-state index in [0.717, 1.165) is 29.5 Å². The van der Waals surface area contributed by atoms with Crippen molar-refractivity contribution in [3.8, 4) is 5.75 Å². The first-order valence-electron chi connectivity index (χ1n) is 9.60. The van der Waals surface area contributed by atoms with Crippen molar-refractivity contribution >= 4 is 29.9 Å². The van der Waals surface area contributed by atoms with Gasteiger partial charge in [-0.05, 0) is 12.0 Å². The lowest BCUT2D eigenvalue weighted by Crippen LogP contribution is -2.40. The molecule has 0 bridgehead atoms. The summed E-state index contributed by atoms with van der Waals surface area (Å²) in [4.78, 5) is 6.48. The van der Waals surface area contributed by atoms with Gasteiger partial charge in [0.1, 0.15) is 5.75 Å². The van der Waals surface area contributed by atoms with E-state index in [2.05, 4.69) is 40.4 Å². The molecule has 0 aliphatic carbocycles. The number of methoxy groups -OCH3 is 1. The molecule has 2 rings (SSSR count). The number of aromatic nitrogens is 2. The van der Waals surface area contributed by atoms with E-state index in [1.165, 1.54) is 5.56 Å². The summed E-state index contributed by atoms with van der Waals surface area (Å²) in [6, 6.07) is 7.90. The Labute approximate surface area is 191 Å². The Hall–Kier alpha value is -1.81. The predicted molar refractivity (Wildman–Crippen MR) is 128 cm³/mol. The molecule has 1 aromatic heterocycles. The largest absolute Gasteiger partial charge is 0.496 e. The minimum atomic E-state index is 0. The van der Waals surface area contributed by atoms with Gasteiger partial charge in [0.25, 0.3) is 0 Å². The quantitative estimate of drug-likeness (QED) is 0.240. The summed E-state index contributed by atoms with van der Waals surface area (Å²) < 4.78 is 13.0. The number of nitrogens with one attached hydrogen (secondary N) is 1. The number of guanidine groups is 1. The van der Waals surface area contributed by atoms with E-state index in [9.17, 15) is 0 Å². The number of hydrogen-bond acceptors (Lipinski definition) is 4. The van der Waals surface area contributed by atoms with Crippen molar-refractivity contribution in [2.75, 3.05) is 34.4 Å². The molecule has 0 aliphatic heterocycles. The topological polar surface area (TPSA) is 63.9 Å². The van der Waals surface area contributed by atoms with Gasteiger partial charge in [-0.1, -0.05) is 32.0 Å². The van der Waals surface area contributed by atoms with Crippen LogP contribution in [-0.4, -0.2) is 55.0 Å². The Bertz CT molecular complexity index is 776. The van der Waals surface area contributed by atoms with Crippen LogP contribution in [0.4, 0.5) is 0 Å². The third-order valence-corrected chi connectivity index (χ3v) is 4.44. The number of benzene rings is 1. The molecule has 8 heteroatoms. The minimum Gasteiger partial charge on any atom is -0.496 e. The highest BCUT2D eigenvalue weighted by molar-refractivity contribution is 14.0. The number of aliphatic imine (C=N–C) groups is 1. The zero-order chi connectivity index (χ0) is 20.5. The Kier molecular flexibility index (Phi) is 11.0. The molecule has 1 heterocycles. The van der Waals surface area contributed by atoms with Gasteiger partial charge in [0.2, 0.25) is 0 Å². The predicted octanol–water partition coefficient (Wildman–Crippen LogP) is 3.39. The Morgan fingerprint density at radius 1 is 1.28 bits per heavy atom. The van der Waals surface area contributed by atoms with Crippen molar-refractivity contribution in [1.29, 1.82) is 0 Å².